The van der Waals surface area contributed by atoms with Crippen LogP contribution in [0.4, 0.5) is 0 Å². The lowest BCUT2D eigenvalue weighted by Crippen LogP contribution is -1.83. The van der Waals surface area contributed by atoms with E-state index in [0.717, 1.165) is 11.1 Å². The number of hydrogen-bond donors (Lipinski definition) is 0. The molecule has 4 aromatic carbocycles. The molecule has 0 N–H and O–H groups in total. The van der Waals surface area contributed by atoms with Crippen LogP contribution >= 0.6 is 11.3 Å². The Morgan fingerprint density at radius 1 is 0.625 bits per heavy atom. The Kier molecular flexibility index (Phi) is 4.40. The highest BCUT2D eigenvalue weighted by molar-refractivity contribution is 7.26. The van der Waals surface area contributed by atoms with Crippen LogP contribution in [0, 0.1) is 13.8 Å². The Morgan fingerprint density at radius 2 is 1.28 bits per heavy atom. The molecule has 0 aliphatic heterocycles. The molecule has 0 fully saturated rings. The lowest BCUT2D eigenvalue weighted by molar-refractivity contribution is 0.584. The van der Waals surface area contributed by atoms with Gasteiger partial charge in [-0.1, -0.05) is 42.0 Å². The van der Waals surface area contributed by atoms with Crippen molar-refractivity contribution in [3.05, 3.63) is 96.1 Å². The fraction of sp³-hybridized carbons (Fsp3) is 0.0714. The van der Waals surface area contributed by atoms with Crippen molar-refractivity contribution >= 4 is 31.5 Å². The molecule has 6 aromatic rings. The number of aromatic nitrogens is 2. The molecular weight excluding hydrogens is 412 g/mol. The molecule has 0 saturated carbocycles. The van der Waals surface area contributed by atoms with Crippen LogP contribution in [0.25, 0.3) is 54.2 Å². The largest absolute Gasteiger partial charge is 0.416 e. The summed E-state index contributed by atoms with van der Waals surface area (Å²) >= 11 is 1.86. The molecule has 3 nitrogen and oxygen atoms in total. The topological polar surface area (TPSA) is 38.9 Å². The highest BCUT2D eigenvalue weighted by atomic mass is 32.1. The summed E-state index contributed by atoms with van der Waals surface area (Å²) in [5.41, 5.74) is 6.85. The zero-order chi connectivity index (χ0) is 21.7. The van der Waals surface area contributed by atoms with Gasteiger partial charge >= 0.3 is 0 Å². The molecule has 0 unspecified atom stereocenters. The molecule has 0 saturated heterocycles. The first-order chi connectivity index (χ1) is 15.7. The van der Waals surface area contributed by atoms with E-state index in [-0.39, 0.29) is 0 Å². The fourth-order valence-electron chi connectivity index (χ4n) is 4.18. The van der Waals surface area contributed by atoms with Gasteiger partial charge in [-0.25, -0.2) is 0 Å². The SMILES string of the molecule is Cc1ccc2sc3c(-c4ccc(-c5nnc(-c6ccccc6)o5)cc4)cc(C)cc3c2c1. The molecule has 0 spiro atoms. The Morgan fingerprint density at radius 3 is 2.03 bits per heavy atom. The van der Waals surface area contributed by atoms with Crippen molar-refractivity contribution in [2.75, 3.05) is 0 Å². The Hall–Kier alpha value is -3.76. The van der Waals surface area contributed by atoms with E-state index in [1.54, 1.807) is 0 Å². The van der Waals surface area contributed by atoms with Crippen molar-refractivity contribution in [1.82, 2.24) is 10.2 Å². The van der Waals surface area contributed by atoms with Crippen LogP contribution in [0.1, 0.15) is 11.1 Å². The second-order valence-electron chi connectivity index (χ2n) is 8.15. The Balaban J connectivity index is 1.41. The van der Waals surface area contributed by atoms with Gasteiger partial charge in [-0.15, -0.1) is 21.5 Å². The van der Waals surface area contributed by atoms with Crippen molar-refractivity contribution in [3.63, 3.8) is 0 Å². The number of rotatable bonds is 3. The lowest BCUT2D eigenvalue weighted by Gasteiger charge is -2.07. The molecule has 154 valence electrons. The van der Waals surface area contributed by atoms with Crippen LogP contribution < -0.4 is 0 Å². The molecule has 0 aliphatic rings. The molecule has 2 aromatic heterocycles. The van der Waals surface area contributed by atoms with Gasteiger partial charge in [-0.2, -0.15) is 0 Å². The maximum Gasteiger partial charge on any atom is 0.248 e. The van der Waals surface area contributed by atoms with Gasteiger partial charge in [0.2, 0.25) is 11.8 Å². The minimum atomic E-state index is 0.530. The quantitative estimate of drug-likeness (QED) is 0.284. The van der Waals surface area contributed by atoms with Crippen molar-refractivity contribution in [2.24, 2.45) is 0 Å². The summed E-state index contributed by atoms with van der Waals surface area (Å²) in [6.45, 7) is 4.32. The summed E-state index contributed by atoms with van der Waals surface area (Å²) in [5, 5.41) is 11.1. The highest BCUT2D eigenvalue weighted by Crippen LogP contribution is 2.41. The van der Waals surface area contributed by atoms with Crippen LogP contribution in [-0.2, 0) is 0 Å². The smallest absolute Gasteiger partial charge is 0.248 e. The van der Waals surface area contributed by atoms with Crippen molar-refractivity contribution < 1.29 is 4.42 Å². The number of hydrogen-bond acceptors (Lipinski definition) is 4. The van der Waals surface area contributed by atoms with Crippen molar-refractivity contribution in [2.45, 2.75) is 13.8 Å². The summed E-state index contributed by atoms with van der Waals surface area (Å²) in [6, 6.07) is 29.5. The first-order valence-electron chi connectivity index (χ1n) is 10.6. The molecule has 0 aliphatic carbocycles. The first-order valence-corrected chi connectivity index (χ1v) is 11.4. The molecular formula is C28H20N2OS. The van der Waals surface area contributed by atoms with E-state index in [4.69, 9.17) is 4.42 Å². The minimum absolute atomic E-state index is 0.530. The molecule has 2 heterocycles. The van der Waals surface area contributed by atoms with Crippen molar-refractivity contribution in [3.8, 4) is 34.0 Å². The number of nitrogens with zero attached hydrogens (tertiary/aromatic N) is 2. The maximum atomic E-state index is 5.92. The Labute approximate surface area is 190 Å². The van der Waals surface area contributed by atoms with Gasteiger partial charge in [0.1, 0.15) is 0 Å². The standard InChI is InChI=1S/C28H20N2OS/c1-17-8-13-25-23(14-17)24-16-18(2)15-22(26(24)32-25)19-9-11-21(12-10-19)28-30-29-27(31-28)20-6-4-3-5-7-20/h3-16H,1-2H3. The monoisotopic (exact) mass is 432 g/mol. The van der Waals surface area contributed by atoms with E-state index >= 15 is 0 Å². The van der Waals surface area contributed by atoms with E-state index in [2.05, 4.69) is 78.6 Å². The third-order valence-electron chi connectivity index (χ3n) is 5.76. The van der Waals surface area contributed by atoms with Crippen molar-refractivity contribution in [1.29, 1.82) is 0 Å². The molecule has 0 amide bonds. The molecule has 6 rings (SSSR count). The van der Waals surface area contributed by atoms with Crippen LogP contribution in [0.15, 0.2) is 89.3 Å². The number of aryl methyl sites for hydroxylation is 2. The molecule has 0 bridgehead atoms. The average molecular weight is 433 g/mol. The zero-order valence-electron chi connectivity index (χ0n) is 17.8. The number of fused-ring (bicyclic) bond motifs is 3. The van der Waals surface area contributed by atoms with E-state index < -0.39 is 0 Å². The van der Waals surface area contributed by atoms with Crippen LogP contribution in [0.3, 0.4) is 0 Å². The van der Waals surface area contributed by atoms with E-state index in [1.807, 2.05) is 41.7 Å². The minimum Gasteiger partial charge on any atom is -0.416 e. The second kappa shape index (κ2) is 7.43. The van der Waals surface area contributed by atoms with E-state index in [9.17, 15) is 0 Å². The maximum absolute atomic E-state index is 5.92. The third kappa shape index (κ3) is 3.20. The summed E-state index contributed by atoms with van der Waals surface area (Å²) in [7, 11) is 0. The van der Waals surface area contributed by atoms with Crippen LogP contribution in [0.2, 0.25) is 0 Å². The highest BCUT2D eigenvalue weighted by Gasteiger charge is 2.14. The molecule has 0 atom stereocenters. The Bertz CT molecular complexity index is 1580. The van der Waals surface area contributed by atoms with Gasteiger partial charge in [-0.3, -0.25) is 0 Å². The summed E-state index contributed by atoms with van der Waals surface area (Å²) in [6.07, 6.45) is 0. The van der Waals surface area contributed by atoms with Crippen LogP contribution in [-0.4, -0.2) is 10.2 Å². The second-order valence-corrected chi connectivity index (χ2v) is 9.20. The van der Waals surface area contributed by atoms with Gasteiger partial charge in [0.25, 0.3) is 0 Å². The van der Waals surface area contributed by atoms with Gasteiger partial charge in [0.05, 0.1) is 0 Å². The van der Waals surface area contributed by atoms with E-state index in [1.165, 1.54) is 42.4 Å². The molecule has 4 heteroatoms. The lowest BCUT2D eigenvalue weighted by atomic mass is 9.99. The van der Waals surface area contributed by atoms with Gasteiger partial charge in [0, 0.05) is 31.3 Å². The van der Waals surface area contributed by atoms with Crippen LogP contribution in [0.5, 0.6) is 0 Å². The molecule has 0 radical (unpaired) electrons. The van der Waals surface area contributed by atoms with Gasteiger partial charge in [-0.05, 0) is 79.1 Å². The number of benzene rings is 4. The summed E-state index contributed by atoms with van der Waals surface area (Å²) in [4.78, 5) is 0. The summed E-state index contributed by atoms with van der Waals surface area (Å²) in [5.74, 6) is 1.06. The third-order valence-corrected chi connectivity index (χ3v) is 6.98. The van der Waals surface area contributed by atoms with Gasteiger partial charge in [0.15, 0.2) is 0 Å². The number of thiophene rings is 1. The predicted molar refractivity (Wildman–Crippen MR) is 133 cm³/mol. The predicted octanol–water partition coefficient (Wildman–Crippen LogP) is 8.06. The van der Waals surface area contributed by atoms with E-state index in [0.29, 0.717) is 11.8 Å². The first kappa shape index (κ1) is 19.0. The van der Waals surface area contributed by atoms with Gasteiger partial charge < -0.3 is 4.42 Å². The normalized spacial score (nSPS) is 11.4. The fourth-order valence-corrected chi connectivity index (χ4v) is 5.38. The molecule has 32 heavy (non-hydrogen) atoms. The average Bonchev–Trinajstić information content (AvgIpc) is 3.45. The zero-order valence-corrected chi connectivity index (χ0v) is 18.6. The summed E-state index contributed by atoms with van der Waals surface area (Å²) < 4.78 is 8.58.